The maximum Gasteiger partial charge on any atom is 0.294 e. The fraction of sp³-hybridized carbons (Fsp3) is 0.100. The summed E-state index contributed by atoms with van der Waals surface area (Å²) in [5.41, 5.74) is 0.783. The van der Waals surface area contributed by atoms with Crippen LogP contribution in [0.25, 0.3) is 0 Å². The van der Waals surface area contributed by atoms with E-state index in [9.17, 15) is 14.7 Å². The van der Waals surface area contributed by atoms with Crippen LogP contribution in [-0.2, 0) is 15.8 Å². The third kappa shape index (κ3) is 3.68. The summed E-state index contributed by atoms with van der Waals surface area (Å²) in [5, 5.41) is 11.8. The van der Waals surface area contributed by atoms with E-state index in [1.807, 2.05) is 84.9 Å². The van der Waals surface area contributed by atoms with Crippen LogP contribution >= 0.6 is 7.14 Å². The Morgan fingerprint density at radius 1 is 0.808 bits per heavy atom. The molecule has 0 fully saturated rings. The van der Waals surface area contributed by atoms with Gasteiger partial charge in [-0.25, -0.2) is 0 Å². The van der Waals surface area contributed by atoms with Gasteiger partial charge in [0.25, 0.3) is 5.09 Å². The van der Waals surface area contributed by atoms with Gasteiger partial charge in [0.15, 0.2) is 7.14 Å². The van der Waals surface area contributed by atoms with E-state index >= 15 is 0 Å². The summed E-state index contributed by atoms with van der Waals surface area (Å²) in [6.45, 7) is -0.0758. The minimum atomic E-state index is -3.10. The molecular formula is C20H18NO4P. The Kier molecular flexibility index (Phi) is 5.49. The summed E-state index contributed by atoms with van der Waals surface area (Å²) in [4.78, 5) is 14.9. The number of nitrogens with zero attached hydrogens (tertiary/aromatic N) is 1. The van der Waals surface area contributed by atoms with Crippen molar-refractivity contribution in [2.75, 3.05) is 6.61 Å². The van der Waals surface area contributed by atoms with Gasteiger partial charge in [0.2, 0.25) is 0 Å². The third-order valence-corrected chi connectivity index (χ3v) is 7.30. The van der Waals surface area contributed by atoms with Crippen LogP contribution in [0.15, 0.2) is 84.9 Å². The lowest BCUT2D eigenvalue weighted by molar-refractivity contribution is -0.757. The summed E-state index contributed by atoms with van der Waals surface area (Å²) in [7, 11) is -3.10. The molecular weight excluding hydrogens is 349 g/mol. The average molecular weight is 367 g/mol. The highest BCUT2D eigenvalue weighted by Gasteiger charge is 2.31. The van der Waals surface area contributed by atoms with E-state index < -0.39 is 12.2 Å². The maximum absolute atomic E-state index is 14.4. The van der Waals surface area contributed by atoms with Crippen LogP contribution in [0.3, 0.4) is 0 Å². The lowest BCUT2D eigenvalue weighted by Crippen LogP contribution is -2.27. The first-order valence-corrected chi connectivity index (χ1v) is 9.90. The van der Waals surface area contributed by atoms with Crippen LogP contribution < -0.4 is 15.9 Å². The molecule has 3 rings (SSSR count). The van der Waals surface area contributed by atoms with Crippen molar-refractivity contribution in [1.82, 2.24) is 0 Å². The number of hydrogen-bond acceptors (Lipinski definition) is 4. The molecule has 6 heteroatoms. The van der Waals surface area contributed by atoms with E-state index in [-0.39, 0.29) is 6.61 Å². The quantitative estimate of drug-likeness (QED) is 0.366. The molecule has 0 N–H and O–H groups in total. The predicted octanol–water partition coefficient (Wildman–Crippen LogP) is 3.08. The monoisotopic (exact) mass is 367 g/mol. The Hall–Kier alpha value is -2.91. The van der Waals surface area contributed by atoms with Crippen LogP contribution in [0.1, 0.15) is 5.56 Å². The van der Waals surface area contributed by atoms with Crippen LogP contribution in [0.5, 0.6) is 0 Å². The molecule has 0 aliphatic carbocycles. The molecule has 0 radical (unpaired) electrons. The molecule has 0 atom stereocenters. The van der Waals surface area contributed by atoms with E-state index in [0.29, 0.717) is 11.7 Å². The summed E-state index contributed by atoms with van der Waals surface area (Å²) in [6, 6.07) is 26.0. The van der Waals surface area contributed by atoms with E-state index in [1.165, 1.54) is 0 Å². The van der Waals surface area contributed by atoms with Gasteiger partial charge in [-0.05, 0) is 12.0 Å². The minimum Gasteiger partial charge on any atom is -0.314 e. The topological polar surface area (TPSA) is 69.4 Å². The van der Waals surface area contributed by atoms with Crippen LogP contribution in [-0.4, -0.2) is 11.7 Å². The van der Waals surface area contributed by atoms with Crippen LogP contribution in [0, 0.1) is 10.1 Å². The maximum atomic E-state index is 14.4. The molecule has 5 nitrogen and oxygen atoms in total. The normalized spacial score (nSPS) is 11.1. The molecule has 0 aromatic heterocycles. The van der Waals surface area contributed by atoms with E-state index in [1.54, 1.807) is 0 Å². The second kappa shape index (κ2) is 7.98. The van der Waals surface area contributed by atoms with Crippen LogP contribution in [0.2, 0.25) is 0 Å². The largest absolute Gasteiger partial charge is 0.314 e. The van der Waals surface area contributed by atoms with Gasteiger partial charge in [-0.15, -0.1) is 10.1 Å². The molecule has 3 aromatic rings. The van der Waals surface area contributed by atoms with Gasteiger partial charge < -0.3 is 9.40 Å². The second-order valence-electron chi connectivity index (χ2n) is 5.72. The molecule has 0 aliphatic heterocycles. The Bertz CT molecular complexity index is 885. The van der Waals surface area contributed by atoms with Crippen LogP contribution in [0.4, 0.5) is 0 Å². The lowest BCUT2D eigenvalue weighted by atomic mass is 10.2. The summed E-state index contributed by atoms with van der Waals surface area (Å²) in [6.07, 6.45) is 0.306. The van der Waals surface area contributed by atoms with Gasteiger partial charge in [0.1, 0.15) is 6.61 Å². The first-order valence-electron chi connectivity index (χ1n) is 8.19. The number of rotatable bonds is 7. The smallest absolute Gasteiger partial charge is 0.294 e. The SMILES string of the molecule is O=[N+]([O-])OCCc1ccccc1P(=O)(c1ccccc1)c1ccccc1. The molecule has 26 heavy (non-hydrogen) atoms. The molecule has 0 bridgehead atoms. The van der Waals surface area contributed by atoms with Gasteiger partial charge in [0.05, 0.1) is 0 Å². The van der Waals surface area contributed by atoms with E-state index in [0.717, 1.165) is 16.2 Å². The summed E-state index contributed by atoms with van der Waals surface area (Å²) in [5.74, 6) is 0. The summed E-state index contributed by atoms with van der Waals surface area (Å²) < 4.78 is 14.4. The van der Waals surface area contributed by atoms with Crippen molar-refractivity contribution in [1.29, 1.82) is 0 Å². The van der Waals surface area contributed by atoms with Crippen molar-refractivity contribution in [2.24, 2.45) is 0 Å². The van der Waals surface area contributed by atoms with Crippen molar-refractivity contribution in [3.05, 3.63) is 101 Å². The molecule has 0 aliphatic rings. The third-order valence-electron chi connectivity index (χ3n) is 4.14. The van der Waals surface area contributed by atoms with Gasteiger partial charge in [0, 0.05) is 15.9 Å². The Balaban J connectivity index is 2.13. The average Bonchev–Trinajstić information content (AvgIpc) is 2.69. The first-order chi connectivity index (χ1) is 12.6. The lowest BCUT2D eigenvalue weighted by Gasteiger charge is -2.22. The predicted molar refractivity (Wildman–Crippen MR) is 102 cm³/mol. The van der Waals surface area contributed by atoms with Gasteiger partial charge >= 0.3 is 0 Å². The summed E-state index contributed by atoms with van der Waals surface area (Å²) >= 11 is 0. The molecule has 0 spiro atoms. The van der Waals surface area contributed by atoms with Crippen molar-refractivity contribution < 1.29 is 14.5 Å². The molecule has 0 saturated carbocycles. The molecule has 0 amide bonds. The molecule has 0 unspecified atom stereocenters. The zero-order valence-electron chi connectivity index (χ0n) is 14.0. The van der Waals surface area contributed by atoms with E-state index in [2.05, 4.69) is 4.84 Å². The molecule has 0 saturated heterocycles. The highest BCUT2D eigenvalue weighted by molar-refractivity contribution is 7.85. The zero-order valence-corrected chi connectivity index (χ0v) is 14.9. The zero-order chi connectivity index (χ0) is 18.4. The fourth-order valence-corrected chi connectivity index (χ4v) is 5.89. The van der Waals surface area contributed by atoms with Gasteiger partial charge in [-0.1, -0.05) is 84.9 Å². The number of benzene rings is 3. The minimum absolute atomic E-state index is 0.0758. The van der Waals surface area contributed by atoms with Gasteiger partial charge in [-0.2, -0.15) is 0 Å². The van der Waals surface area contributed by atoms with Crippen molar-refractivity contribution >= 4 is 23.1 Å². The highest BCUT2D eigenvalue weighted by Crippen LogP contribution is 2.43. The van der Waals surface area contributed by atoms with Crippen molar-refractivity contribution in [3.63, 3.8) is 0 Å². The Morgan fingerprint density at radius 3 is 1.85 bits per heavy atom. The Labute approximate surface area is 151 Å². The first kappa shape index (κ1) is 17.9. The van der Waals surface area contributed by atoms with E-state index in [4.69, 9.17) is 0 Å². The van der Waals surface area contributed by atoms with Gasteiger partial charge in [-0.3, -0.25) is 0 Å². The second-order valence-corrected chi connectivity index (χ2v) is 8.45. The fourth-order valence-electron chi connectivity index (χ4n) is 2.96. The highest BCUT2D eigenvalue weighted by atomic mass is 31.2. The molecule has 0 heterocycles. The molecule has 132 valence electrons. The molecule has 3 aromatic carbocycles. The van der Waals surface area contributed by atoms with Crippen molar-refractivity contribution in [2.45, 2.75) is 6.42 Å². The van der Waals surface area contributed by atoms with Crippen molar-refractivity contribution in [3.8, 4) is 0 Å². The number of hydrogen-bond donors (Lipinski definition) is 0. The Morgan fingerprint density at radius 2 is 1.31 bits per heavy atom. The standard InChI is InChI=1S/C20H18NO4P/c22-21(23)25-16-15-17-9-7-8-14-20(17)26(24,18-10-3-1-4-11-18)19-12-5-2-6-13-19/h1-14H,15-16H2.